The molecule has 0 heterocycles. The molecule has 1 aliphatic carbocycles. The van der Waals surface area contributed by atoms with Crippen LogP contribution < -0.4 is 9.47 Å². The lowest BCUT2D eigenvalue weighted by molar-refractivity contribution is 0.0878. The topological polar surface area (TPSA) is 61.8 Å². The van der Waals surface area contributed by atoms with E-state index in [1.165, 1.54) is 19.8 Å². The van der Waals surface area contributed by atoms with E-state index in [4.69, 9.17) is 14.2 Å². The van der Waals surface area contributed by atoms with E-state index in [-0.39, 0.29) is 30.5 Å². The second-order valence-electron chi connectivity index (χ2n) is 6.04. The Morgan fingerprint density at radius 1 is 1.08 bits per heavy atom. The Kier molecular flexibility index (Phi) is 5.78. The lowest BCUT2D eigenvalue weighted by atomic mass is 9.85. The molecule has 0 amide bonds. The first-order chi connectivity index (χ1) is 11.4. The summed E-state index contributed by atoms with van der Waals surface area (Å²) in [5.41, 5.74) is 2.54. The van der Waals surface area contributed by atoms with Gasteiger partial charge >= 0.3 is 0 Å². The van der Waals surface area contributed by atoms with Crippen molar-refractivity contribution in [1.82, 2.24) is 0 Å². The maximum Gasteiger partial charge on any atom is 0.167 e. The van der Waals surface area contributed by atoms with Crippen LogP contribution in [-0.2, 0) is 4.74 Å². The van der Waals surface area contributed by atoms with Crippen LogP contribution in [0, 0.1) is 0 Å². The number of benzene rings is 1. The highest BCUT2D eigenvalue weighted by Gasteiger charge is 2.34. The van der Waals surface area contributed by atoms with Gasteiger partial charge in [0.1, 0.15) is 11.5 Å². The fourth-order valence-electron chi connectivity index (χ4n) is 2.99. The molecule has 5 nitrogen and oxygen atoms in total. The van der Waals surface area contributed by atoms with Gasteiger partial charge in [-0.2, -0.15) is 0 Å². The minimum absolute atomic E-state index is 0.0930. The fourth-order valence-corrected chi connectivity index (χ4v) is 2.99. The molecule has 24 heavy (non-hydrogen) atoms. The van der Waals surface area contributed by atoms with Crippen LogP contribution in [0.3, 0.4) is 0 Å². The van der Waals surface area contributed by atoms with E-state index in [9.17, 15) is 9.59 Å². The number of Topliss-reactive ketones (excluding diaryl/α,β-unsaturated/α-hetero) is 2. The number of carbonyl (C=O) groups is 2. The maximum absolute atomic E-state index is 12.5. The van der Waals surface area contributed by atoms with Gasteiger partial charge in [-0.25, -0.2) is 0 Å². The van der Waals surface area contributed by atoms with Gasteiger partial charge in [-0.05, 0) is 26.3 Å². The number of hydrogen-bond acceptors (Lipinski definition) is 5. The van der Waals surface area contributed by atoms with Gasteiger partial charge in [-0.3, -0.25) is 9.59 Å². The SMILES string of the molecule is COc1cc([C@@H](CC=C(C)C)OC)c(OC)c2c1C(=O)CCC2=O. The summed E-state index contributed by atoms with van der Waals surface area (Å²) in [5.74, 6) is 0.624. The first-order valence-electron chi connectivity index (χ1n) is 7.96. The van der Waals surface area contributed by atoms with Crippen LogP contribution >= 0.6 is 0 Å². The summed E-state index contributed by atoms with van der Waals surface area (Å²) in [6.07, 6.45) is 2.81. The third-order valence-corrected chi connectivity index (χ3v) is 4.20. The molecule has 2 rings (SSSR count). The molecule has 0 saturated heterocycles. The van der Waals surface area contributed by atoms with E-state index in [1.54, 1.807) is 13.2 Å². The highest BCUT2D eigenvalue weighted by Crippen LogP contribution is 2.42. The Labute approximate surface area is 142 Å². The molecule has 1 aromatic rings. The summed E-state index contributed by atoms with van der Waals surface area (Å²) in [6, 6.07) is 1.75. The van der Waals surface area contributed by atoms with E-state index < -0.39 is 0 Å². The molecule has 1 aromatic carbocycles. The van der Waals surface area contributed by atoms with Crippen molar-refractivity contribution in [2.24, 2.45) is 0 Å². The minimum atomic E-state index is -0.293. The predicted octanol–water partition coefficient (Wildman–Crippen LogP) is 3.91. The van der Waals surface area contributed by atoms with Crippen LogP contribution in [0.5, 0.6) is 11.5 Å². The minimum Gasteiger partial charge on any atom is -0.496 e. The summed E-state index contributed by atoms with van der Waals surface area (Å²) in [5, 5.41) is 0. The van der Waals surface area contributed by atoms with Gasteiger partial charge in [0.25, 0.3) is 0 Å². The Bertz CT molecular complexity index is 683. The first kappa shape index (κ1) is 18.2. The quantitative estimate of drug-likeness (QED) is 0.739. The number of allylic oxidation sites excluding steroid dienone is 1. The zero-order chi connectivity index (χ0) is 17.9. The molecule has 1 atom stereocenters. The Hall–Kier alpha value is -2.14. The zero-order valence-electron chi connectivity index (χ0n) is 14.9. The number of carbonyl (C=O) groups excluding carboxylic acids is 2. The van der Waals surface area contributed by atoms with Gasteiger partial charge in [0, 0.05) is 25.5 Å². The van der Waals surface area contributed by atoms with Crippen molar-refractivity contribution in [1.29, 1.82) is 0 Å². The fraction of sp³-hybridized carbons (Fsp3) is 0.474. The molecule has 0 unspecified atom stereocenters. The largest absolute Gasteiger partial charge is 0.496 e. The molecule has 0 fully saturated rings. The van der Waals surface area contributed by atoms with E-state index in [0.717, 1.165) is 5.56 Å². The number of ether oxygens (including phenoxy) is 3. The summed E-state index contributed by atoms with van der Waals surface area (Å²) < 4.78 is 16.5. The van der Waals surface area contributed by atoms with Gasteiger partial charge in [0.2, 0.25) is 0 Å². The van der Waals surface area contributed by atoms with Crippen molar-refractivity contribution in [2.75, 3.05) is 21.3 Å². The van der Waals surface area contributed by atoms with Crippen molar-refractivity contribution >= 4 is 11.6 Å². The predicted molar refractivity (Wildman–Crippen MR) is 91.2 cm³/mol. The van der Waals surface area contributed by atoms with E-state index in [0.29, 0.717) is 29.0 Å². The monoisotopic (exact) mass is 332 g/mol. The van der Waals surface area contributed by atoms with Crippen molar-refractivity contribution in [2.45, 2.75) is 39.2 Å². The average Bonchev–Trinajstić information content (AvgIpc) is 2.57. The normalized spacial score (nSPS) is 14.9. The molecule has 0 saturated carbocycles. The van der Waals surface area contributed by atoms with Gasteiger partial charge in [0.15, 0.2) is 11.6 Å². The van der Waals surface area contributed by atoms with Crippen molar-refractivity contribution in [3.63, 3.8) is 0 Å². The van der Waals surface area contributed by atoms with Crippen LogP contribution in [0.25, 0.3) is 0 Å². The number of fused-ring (bicyclic) bond motifs is 1. The molecule has 0 spiro atoms. The van der Waals surface area contributed by atoms with E-state index >= 15 is 0 Å². The van der Waals surface area contributed by atoms with Crippen LogP contribution in [0.4, 0.5) is 0 Å². The van der Waals surface area contributed by atoms with E-state index in [1.807, 2.05) is 13.8 Å². The van der Waals surface area contributed by atoms with Crippen LogP contribution in [0.2, 0.25) is 0 Å². The number of ketones is 2. The summed E-state index contributed by atoms with van der Waals surface area (Å²) in [7, 11) is 4.61. The van der Waals surface area contributed by atoms with Crippen LogP contribution in [0.1, 0.15) is 65.5 Å². The summed E-state index contributed by atoms with van der Waals surface area (Å²) >= 11 is 0. The van der Waals surface area contributed by atoms with Gasteiger partial charge in [-0.15, -0.1) is 0 Å². The van der Waals surface area contributed by atoms with E-state index in [2.05, 4.69) is 6.08 Å². The summed E-state index contributed by atoms with van der Waals surface area (Å²) in [6.45, 7) is 4.03. The van der Waals surface area contributed by atoms with Crippen molar-refractivity contribution in [3.05, 3.63) is 34.4 Å². The molecular formula is C19H24O5. The molecule has 1 aliphatic rings. The van der Waals surface area contributed by atoms with Gasteiger partial charge < -0.3 is 14.2 Å². The highest BCUT2D eigenvalue weighted by molar-refractivity contribution is 6.17. The number of rotatable bonds is 6. The molecule has 5 heteroatoms. The molecular weight excluding hydrogens is 308 g/mol. The standard InChI is InChI=1S/C19H24O5/c1-11(2)6-9-15(22-3)12-10-16(23-4)17-13(20)7-8-14(21)18(17)19(12)24-5/h6,10,15H,7-9H2,1-5H3/t15-/m1/s1. The molecule has 0 radical (unpaired) electrons. The number of methoxy groups -OCH3 is 3. The van der Waals surface area contributed by atoms with Crippen molar-refractivity contribution < 1.29 is 23.8 Å². The molecule has 0 aromatic heterocycles. The Morgan fingerprint density at radius 3 is 2.21 bits per heavy atom. The first-order valence-corrected chi connectivity index (χ1v) is 7.96. The third kappa shape index (κ3) is 3.36. The molecule has 0 aliphatic heterocycles. The average molecular weight is 332 g/mol. The second kappa shape index (κ2) is 7.62. The zero-order valence-corrected chi connectivity index (χ0v) is 14.9. The maximum atomic E-state index is 12.5. The molecule has 0 N–H and O–H groups in total. The van der Waals surface area contributed by atoms with Gasteiger partial charge in [0.05, 0.1) is 31.5 Å². The summed E-state index contributed by atoms with van der Waals surface area (Å²) in [4.78, 5) is 24.8. The van der Waals surface area contributed by atoms with Crippen LogP contribution in [-0.4, -0.2) is 32.9 Å². The Balaban J connectivity index is 2.68. The molecule has 0 bridgehead atoms. The highest BCUT2D eigenvalue weighted by atomic mass is 16.5. The van der Waals surface area contributed by atoms with Gasteiger partial charge in [-0.1, -0.05) is 11.6 Å². The Morgan fingerprint density at radius 2 is 1.71 bits per heavy atom. The second-order valence-corrected chi connectivity index (χ2v) is 6.04. The van der Waals surface area contributed by atoms with Crippen LogP contribution in [0.15, 0.2) is 17.7 Å². The lowest BCUT2D eigenvalue weighted by Crippen LogP contribution is -2.21. The third-order valence-electron chi connectivity index (χ3n) is 4.20. The lowest BCUT2D eigenvalue weighted by Gasteiger charge is -2.25. The molecule has 130 valence electrons. The number of hydrogen-bond donors (Lipinski definition) is 0. The smallest absolute Gasteiger partial charge is 0.167 e. The van der Waals surface area contributed by atoms with Crippen molar-refractivity contribution in [3.8, 4) is 11.5 Å².